The molecule has 0 spiro atoms. The molecule has 4 heteroatoms. The Morgan fingerprint density at radius 1 is 1.36 bits per heavy atom. The molecule has 0 aliphatic carbocycles. The molecule has 0 bridgehead atoms. The average Bonchev–Trinajstić information content (AvgIpc) is 2.14. The van der Waals surface area contributed by atoms with Gasteiger partial charge < -0.3 is 10.1 Å². The van der Waals surface area contributed by atoms with Crippen LogP contribution in [-0.4, -0.2) is 25.0 Å². The van der Waals surface area contributed by atoms with Crippen LogP contribution < -0.4 is 5.32 Å². The maximum Gasteiger partial charge on any atom is 0.328 e. The summed E-state index contributed by atoms with van der Waals surface area (Å²) in [5.41, 5.74) is 0. The minimum Gasteiger partial charge on any atom is -0.467 e. The van der Waals surface area contributed by atoms with E-state index in [9.17, 15) is 9.59 Å². The van der Waals surface area contributed by atoms with Crippen molar-refractivity contribution in [2.45, 2.75) is 39.7 Å². The van der Waals surface area contributed by atoms with E-state index in [1.165, 1.54) is 7.11 Å². The average molecular weight is 201 g/mol. The zero-order chi connectivity index (χ0) is 11.1. The first-order valence-electron chi connectivity index (χ1n) is 4.88. The van der Waals surface area contributed by atoms with E-state index in [2.05, 4.69) is 10.1 Å². The normalized spacial score (nSPS) is 12.4. The summed E-state index contributed by atoms with van der Waals surface area (Å²) in [5.74, 6) is -0.155. The van der Waals surface area contributed by atoms with Crippen molar-refractivity contribution < 1.29 is 14.3 Å². The predicted octanol–water partition coefficient (Wildman–Crippen LogP) is 1.10. The van der Waals surface area contributed by atoms with E-state index < -0.39 is 6.04 Å². The van der Waals surface area contributed by atoms with Crippen molar-refractivity contribution in [2.75, 3.05) is 7.11 Å². The Morgan fingerprint density at radius 3 is 2.29 bits per heavy atom. The summed E-state index contributed by atoms with van der Waals surface area (Å²) >= 11 is 0. The molecule has 0 heterocycles. The molecule has 0 aliphatic heterocycles. The molecule has 0 aliphatic rings. The van der Waals surface area contributed by atoms with E-state index >= 15 is 0 Å². The molecule has 0 saturated heterocycles. The number of hydrogen-bond acceptors (Lipinski definition) is 3. The van der Waals surface area contributed by atoms with Crippen LogP contribution in [0.1, 0.15) is 33.6 Å². The lowest BCUT2D eigenvalue weighted by molar-refractivity contribution is -0.145. The number of nitrogens with one attached hydrogen (secondary N) is 1. The first-order chi connectivity index (χ1) is 6.51. The fraction of sp³-hybridized carbons (Fsp3) is 0.800. The number of methoxy groups -OCH3 is 1. The van der Waals surface area contributed by atoms with Crippen LogP contribution in [0, 0.1) is 5.92 Å². The highest BCUT2D eigenvalue weighted by Crippen LogP contribution is 2.06. The third-order valence-electron chi connectivity index (χ3n) is 1.85. The fourth-order valence-electron chi connectivity index (χ4n) is 1.12. The second-order valence-corrected chi connectivity index (χ2v) is 3.63. The quantitative estimate of drug-likeness (QED) is 0.678. The number of carbonyl (C=O) groups is 2. The third kappa shape index (κ3) is 4.84. The monoisotopic (exact) mass is 201 g/mol. The van der Waals surface area contributed by atoms with Crippen LogP contribution in [0.3, 0.4) is 0 Å². The Kier molecular flexibility index (Phi) is 5.92. The lowest BCUT2D eigenvalue weighted by Crippen LogP contribution is -2.42. The summed E-state index contributed by atoms with van der Waals surface area (Å²) in [6.45, 7) is 5.74. The largest absolute Gasteiger partial charge is 0.467 e. The van der Waals surface area contributed by atoms with Crippen LogP contribution in [-0.2, 0) is 14.3 Å². The van der Waals surface area contributed by atoms with E-state index in [1.54, 1.807) is 6.92 Å². The van der Waals surface area contributed by atoms with Crippen molar-refractivity contribution in [3.8, 4) is 0 Å². The molecule has 1 N–H and O–H groups in total. The first-order valence-corrected chi connectivity index (χ1v) is 4.88. The summed E-state index contributed by atoms with van der Waals surface area (Å²) in [6, 6.07) is -0.507. The maximum atomic E-state index is 11.3. The van der Waals surface area contributed by atoms with Gasteiger partial charge >= 0.3 is 5.97 Å². The van der Waals surface area contributed by atoms with Crippen molar-refractivity contribution in [1.82, 2.24) is 5.32 Å². The SMILES string of the molecule is CCC(=O)N[C@@H](CC(C)C)C(=O)OC. The van der Waals surface area contributed by atoms with Gasteiger partial charge in [0, 0.05) is 6.42 Å². The number of carbonyl (C=O) groups excluding carboxylic acids is 2. The van der Waals surface area contributed by atoms with Gasteiger partial charge in [-0.1, -0.05) is 20.8 Å². The summed E-state index contributed by atoms with van der Waals surface area (Å²) in [6.07, 6.45) is 0.990. The zero-order valence-corrected chi connectivity index (χ0v) is 9.29. The molecule has 0 unspecified atom stereocenters. The molecule has 1 amide bonds. The Bertz CT molecular complexity index is 202. The van der Waals surface area contributed by atoms with Crippen molar-refractivity contribution in [3.05, 3.63) is 0 Å². The highest BCUT2D eigenvalue weighted by molar-refractivity contribution is 5.84. The van der Waals surface area contributed by atoms with Crippen molar-refractivity contribution in [3.63, 3.8) is 0 Å². The van der Waals surface area contributed by atoms with E-state index in [4.69, 9.17) is 0 Å². The van der Waals surface area contributed by atoms with E-state index in [0.29, 0.717) is 18.8 Å². The highest BCUT2D eigenvalue weighted by atomic mass is 16.5. The van der Waals surface area contributed by atoms with Crippen LogP contribution in [0.4, 0.5) is 0 Å². The third-order valence-corrected chi connectivity index (χ3v) is 1.85. The van der Waals surface area contributed by atoms with Crippen LogP contribution in [0.15, 0.2) is 0 Å². The number of amides is 1. The fourth-order valence-corrected chi connectivity index (χ4v) is 1.12. The van der Waals surface area contributed by atoms with Gasteiger partial charge in [0.2, 0.25) is 5.91 Å². The number of hydrogen-bond donors (Lipinski definition) is 1. The molecule has 0 radical (unpaired) electrons. The Balaban J connectivity index is 4.24. The van der Waals surface area contributed by atoms with Gasteiger partial charge in [-0.3, -0.25) is 4.79 Å². The van der Waals surface area contributed by atoms with E-state index in [-0.39, 0.29) is 11.9 Å². The smallest absolute Gasteiger partial charge is 0.328 e. The van der Waals surface area contributed by atoms with Gasteiger partial charge in [0.25, 0.3) is 0 Å². The minimum absolute atomic E-state index is 0.124. The molecular weight excluding hydrogens is 182 g/mol. The van der Waals surface area contributed by atoms with Gasteiger partial charge in [0.15, 0.2) is 0 Å². The van der Waals surface area contributed by atoms with Crippen LogP contribution in [0.2, 0.25) is 0 Å². The Labute approximate surface area is 85.0 Å². The topological polar surface area (TPSA) is 55.4 Å². The van der Waals surface area contributed by atoms with E-state index in [1.807, 2.05) is 13.8 Å². The molecule has 0 fully saturated rings. The molecule has 0 aromatic carbocycles. The molecule has 0 rings (SSSR count). The molecule has 0 aromatic heterocycles. The number of esters is 1. The minimum atomic E-state index is -0.507. The summed E-state index contributed by atoms with van der Waals surface area (Å²) < 4.78 is 4.60. The first kappa shape index (κ1) is 12.9. The zero-order valence-electron chi connectivity index (χ0n) is 9.29. The second-order valence-electron chi connectivity index (χ2n) is 3.63. The molecule has 1 atom stereocenters. The second kappa shape index (κ2) is 6.40. The molecule has 0 aromatic rings. The molecular formula is C10H19NO3. The number of ether oxygens (including phenoxy) is 1. The number of rotatable bonds is 5. The molecule has 14 heavy (non-hydrogen) atoms. The van der Waals surface area contributed by atoms with Gasteiger partial charge in [-0.25, -0.2) is 4.79 Å². The van der Waals surface area contributed by atoms with Gasteiger partial charge in [0.1, 0.15) is 6.04 Å². The summed E-state index contributed by atoms with van der Waals surface area (Å²) in [7, 11) is 1.33. The van der Waals surface area contributed by atoms with E-state index in [0.717, 1.165) is 0 Å². The molecule has 0 saturated carbocycles. The highest BCUT2D eigenvalue weighted by Gasteiger charge is 2.21. The van der Waals surface area contributed by atoms with Gasteiger partial charge in [-0.05, 0) is 12.3 Å². The molecule has 82 valence electrons. The van der Waals surface area contributed by atoms with Gasteiger partial charge in [0.05, 0.1) is 7.11 Å². The van der Waals surface area contributed by atoms with Gasteiger partial charge in [-0.2, -0.15) is 0 Å². The van der Waals surface area contributed by atoms with Crippen LogP contribution >= 0.6 is 0 Å². The maximum absolute atomic E-state index is 11.3. The summed E-state index contributed by atoms with van der Waals surface area (Å²) in [5, 5.41) is 2.64. The Morgan fingerprint density at radius 2 is 1.93 bits per heavy atom. The standard InChI is InChI=1S/C10H19NO3/c1-5-9(12)11-8(6-7(2)3)10(13)14-4/h7-8H,5-6H2,1-4H3,(H,11,12)/t8-/m0/s1. The lowest BCUT2D eigenvalue weighted by atomic mass is 10.0. The van der Waals surface area contributed by atoms with Crippen molar-refractivity contribution in [1.29, 1.82) is 0 Å². The summed E-state index contributed by atoms with van der Waals surface area (Å²) in [4.78, 5) is 22.4. The van der Waals surface area contributed by atoms with Crippen molar-refractivity contribution >= 4 is 11.9 Å². The predicted molar refractivity (Wildman–Crippen MR) is 53.7 cm³/mol. The Hall–Kier alpha value is -1.06. The van der Waals surface area contributed by atoms with Gasteiger partial charge in [-0.15, -0.1) is 0 Å². The lowest BCUT2D eigenvalue weighted by Gasteiger charge is -2.17. The van der Waals surface area contributed by atoms with Crippen LogP contribution in [0.5, 0.6) is 0 Å². The van der Waals surface area contributed by atoms with Crippen LogP contribution in [0.25, 0.3) is 0 Å². The van der Waals surface area contributed by atoms with Crippen molar-refractivity contribution in [2.24, 2.45) is 5.92 Å². The molecule has 4 nitrogen and oxygen atoms in total.